The third-order valence-corrected chi connectivity index (χ3v) is 19.9. The Morgan fingerprint density at radius 2 is 0.983 bits per heavy atom. The second-order valence-electron chi connectivity index (χ2n) is 28.7. The maximum absolute atomic E-state index is 13.8. The third-order valence-electron chi connectivity index (χ3n) is 19.4. The van der Waals surface area contributed by atoms with Crippen LogP contribution in [0.5, 0.6) is 0 Å². The van der Waals surface area contributed by atoms with Gasteiger partial charge in [-0.05, 0) is 152 Å². The number of nitrogens with two attached hydrogens (primary N) is 4. The number of hydrogen-bond acceptors (Lipinski definition) is 24. The lowest BCUT2D eigenvalue weighted by Crippen LogP contribution is -2.56. The van der Waals surface area contributed by atoms with Gasteiger partial charge in [-0.15, -0.1) is 0 Å². The van der Waals surface area contributed by atoms with Crippen molar-refractivity contribution in [2.24, 2.45) is 5.92 Å². The SMILES string of the molecule is C=C(F)c1ccc(N2CCN[C@@H](C)C2)nc1C(=O)c1cccnc1N.CC(C)C[C@H]1CN(c2ccc(C(F)(F)F)c(C(=O)c3cc(Br)cnc3N)n2)C[C@H](C)N1.CCC[C@H]1CN(c2ccc(C(F)(F)F)c(C(=O)c3cccnc3N)n2)C[C@H](c2ccccc2)N1.C[C@@H]1CNCCN1c1ccc(C(F)(F)F)c(C(=O)c2cccnc2N)n1.[HH].[HH].[HH].[HH].[HH]. The number of nitrogen functional groups attached to an aromatic ring is 4. The third kappa shape index (κ3) is 21.9. The summed E-state index contributed by atoms with van der Waals surface area (Å²) in [5.74, 6) is -2.14. The van der Waals surface area contributed by atoms with Crippen molar-refractivity contribution in [2.75, 3.05) is 108 Å². The average molecular weight is 1690 g/mol. The minimum Gasteiger partial charge on any atom is -0.383 e. The van der Waals surface area contributed by atoms with Gasteiger partial charge in [0.25, 0.3) is 0 Å². The molecule has 4 aliphatic rings. The molecule has 0 bridgehead atoms. The van der Waals surface area contributed by atoms with Gasteiger partial charge in [0.15, 0.2) is 0 Å². The van der Waals surface area contributed by atoms with E-state index in [4.69, 9.17) is 22.9 Å². The van der Waals surface area contributed by atoms with E-state index in [1.807, 2.05) is 58.9 Å². The number of ketones is 4. The molecule has 35 heteroatoms. The van der Waals surface area contributed by atoms with Crippen LogP contribution in [-0.4, -0.2) is 159 Å². The van der Waals surface area contributed by atoms with Crippen molar-refractivity contribution in [1.29, 1.82) is 0 Å². The first-order valence-corrected chi connectivity index (χ1v) is 38.1. The van der Waals surface area contributed by atoms with Crippen LogP contribution < -0.4 is 63.8 Å². The summed E-state index contributed by atoms with van der Waals surface area (Å²) in [6.45, 7) is 22.2. The molecular weight excluding hydrogens is 1590 g/mol. The normalized spacial score (nSPS) is 18.5. The second-order valence-corrected chi connectivity index (χ2v) is 29.7. The molecule has 116 heavy (non-hydrogen) atoms. The lowest BCUT2D eigenvalue weighted by Gasteiger charge is -2.40. The monoisotopic (exact) mass is 1680 g/mol. The van der Waals surface area contributed by atoms with Crippen molar-refractivity contribution in [3.63, 3.8) is 0 Å². The van der Waals surface area contributed by atoms with Crippen LogP contribution in [0.15, 0.2) is 157 Å². The van der Waals surface area contributed by atoms with Crippen LogP contribution >= 0.6 is 15.9 Å². The zero-order chi connectivity index (χ0) is 84.1. The number of carbonyl (C=O) groups is 4. The quantitative estimate of drug-likeness (QED) is 0.0292. The molecule has 0 unspecified atom stereocenters. The topological polar surface area (TPSA) is 337 Å². The van der Waals surface area contributed by atoms with Crippen molar-refractivity contribution in [1.82, 2.24) is 61.1 Å². The summed E-state index contributed by atoms with van der Waals surface area (Å²) >= 11 is 3.18. The molecule has 4 saturated heterocycles. The van der Waals surface area contributed by atoms with Gasteiger partial charge in [0, 0.05) is 138 Å². The molecule has 12 heterocycles. The molecule has 4 fully saturated rings. The van der Waals surface area contributed by atoms with Gasteiger partial charge in [0.05, 0.1) is 45.0 Å². The molecule has 24 nitrogen and oxygen atoms in total. The van der Waals surface area contributed by atoms with E-state index in [0.29, 0.717) is 85.5 Å². The van der Waals surface area contributed by atoms with Gasteiger partial charge in [-0.2, -0.15) is 39.5 Å². The van der Waals surface area contributed by atoms with E-state index < -0.39 is 81.3 Å². The minimum absolute atomic E-state index is 0. The Hall–Kier alpha value is -11.1. The molecule has 0 saturated carbocycles. The summed E-state index contributed by atoms with van der Waals surface area (Å²) in [6, 6.07) is 30.7. The Labute approximate surface area is 679 Å². The minimum atomic E-state index is -4.74. The van der Waals surface area contributed by atoms with Crippen molar-refractivity contribution in [2.45, 2.75) is 116 Å². The summed E-state index contributed by atoms with van der Waals surface area (Å²) in [4.78, 5) is 91.9. The van der Waals surface area contributed by atoms with E-state index in [-0.39, 0.29) is 94.1 Å². The lowest BCUT2D eigenvalue weighted by molar-refractivity contribution is -0.138. The highest BCUT2D eigenvalue weighted by atomic mass is 79.9. The average Bonchev–Trinajstić information content (AvgIpc) is 0.787. The first-order chi connectivity index (χ1) is 55.0. The lowest BCUT2D eigenvalue weighted by atomic mass is 9.99. The van der Waals surface area contributed by atoms with Crippen LogP contribution in [0.2, 0.25) is 0 Å². The van der Waals surface area contributed by atoms with Crippen molar-refractivity contribution >= 4 is 91.4 Å². The Morgan fingerprint density at radius 3 is 1.47 bits per heavy atom. The van der Waals surface area contributed by atoms with Gasteiger partial charge in [-0.1, -0.05) is 64.1 Å². The van der Waals surface area contributed by atoms with Gasteiger partial charge in [-0.3, -0.25) is 19.2 Å². The number of carbonyl (C=O) groups excluding carboxylic acids is 4. The van der Waals surface area contributed by atoms with Crippen LogP contribution in [0.3, 0.4) is 0 Å². The van der Waals surface area contributed by atoms with Gasteiger partial charge >= 0.3 is 18.5 Å². The molecule has 9 aromatic rings. The summed E-state index contributed by atoms with van der Waals surface area (Å²) < 4.78 is 137. The number of rotatable bonds is 18. The van der Waals surface area contributed by atoms with Crippen LogP contribution in [0.4, 0.5) is 90.4 Å². The molecule has 0 aliphatic carbocycles. The van der Waals surface area contributed by atoms with Crippen LogP contribution in [0.25, 0.3) is 5.83 Å². The number of piperazine rings is 4. The Balaban J connectivity index is 0.000000285. The van der Waals surface area contributed by atoms with Crippen molar-refractivity contribution < 1.29 is 70.2 Å². The van der Waals surface area contributed by atoms with E-state index in [0.717, 1.165) is 62.7 Å². The van der Waals surface area contributed by atoms with Crippen LogP contribution in [-0.2, 0) is 18.5 Å². The number of hydrogen-bond donors (Lipinski definition) is 8. The Kier molecular flexibility index (Phi) is 28.6. The predicted molar refractivity (Wildman–Crippen MR) is 439 cm³/mol. The molecule has 0 radical (unpaired) electrons. The van der Waals surface area contributed by atoms with E-state index in [1.165, 1.54) is 79.4 Å². The number of nitrogens with one attached hydrogen (secondary N) is 4. The highest BCUT2D eigenvalue weighted by molar-refractivity contribution is 9.10. The molecule has 13 rings (SSSR count). The smallest absolute Gasteiger partial charge is 0.383 e. The fourth-order valence-electron chi connectivity index (χ4n) is 14.0. The Bertz CT molecular complexity index is 5010. The van der Waals surface area contributed by atoms with Gasteiger partial charge in [-0.25, -0.2) is 44.3 Å². The van der Waals surface area contributed by atoms with E-state index >= 15 is 0 Å². The number of halogens is 11. The van der Waals surface area contributed by atoms with Crippen molar-refractivity contribution in [3.8, 4) is 0 Å². The highest BCUT2D eigenvalue weighted by Crippen LogP contribution is 2.39. The fourth-order valence-corrected chi connectivity index (χ4v) is 14.3. The molecular formula is C81H99BrF10N20O4. The molecule has 4 aliphatic heterocycles. The summed E-state index contributed by atoms with van der Waals surface area (Å²) in [5, 5.41) is 13.7. The van der Waals surface area contributed by atoms with Gasteiger partial charge in [0.1, 0.15) is 75.1 Å². The summed E-state index contributed by atoms with van der Waals surface area (Å²) in [6.07, 6.45) is -5.80. The zero-order valence-electron chi connectivity index (χ0n) is 64.3. The zero-order valence-corrected chi connectivity index (χ0v) is 65.8. The van der Waals surface area contributed by atoms with Crippen LogP contribution in [0.1, 0.15) is 166 Å². The first kappa shape index (κ1) is 87.2. The summed E-state index contributed by atoms with van der Waals surface area (Å²) in [7, 11) is 0. The number of benzene rings is 1. The molecule has 6 atom stereocenters. The maximum atomic E-state index is 13.8. The predicted octanol–water partition coefficient (Wildman–Crippen LogP) is 14.3. The Morgan fingerprint density at radius 1 is 0.526 bits per heavy atom. The van der Waals surface area contributed by atoms with E-state index in [2.05, 4.69) is 116 Å². The van der Waals surface area contributed by atoms with Crippen molar-refractivity contribution in [3.05, 3.63) is 230 Å². The first-order valence-electron chi connectivity index (χ1n) is 37.3. The molecule has 0 amide bonds. The molecule has 0 spiro atoms. The molecule has 1 aromatic carbocycles. The van der Waals surface area contributed by atoms with E-state index in [9.17, 15) is 63.1 Å². The standard InChI is InChI=1S/C25H26F3N5O.C21H25BrF3N5O.C18H20FN5O.C17H18F3N5O.5H2/c1-2-7-17-14-33(15-20(31-17)16-8-4-3-5-9-16)21-12-11-19(25(26,27)28)22(32-21)23(34)18-10-6-13-30-24(18)29;1-11(2)6-14-10-30(9-12(3)28-14)17-5-4-16(21(23,24)25)18(29-17)19(31)15-7-13(22)8-27-20(15)26;1-11-10-24(9-8-21-11)15-6-5-13(12(2)19)16(23-15)17(25)14-4-3-7-22-18(14)20;1-10-9-22-7-8-25(10)13-5-4-12(17(18,19)20)14(24-13)15(26)11-3-2-6-23-16(11)21;;;;;/h3-6,8-13,17,20,31H,2,7,14-15H2,1H3,(H2,29,30);4-5,7-8,11-12,14,28H,6,9-10H2,1-3H3,(H2,26,27);3-7,11,21H,2,8-10H2,1H3,(H2,20,22);2-6,10,22H,7-9H2,1H3,(H2,21,23);5*1H/t17-,20+;12-,14-;11-;10-;;;;;/m0001...../s1. The molecule has 12 N–H and O–H groups in total. The highest BCUT2D eigenvalue weighted by Gasteiger charge is 2.42. The van der Waals surface area contributed by atoms with Gasteiger partial charge in [0.2, 0.25) is 23.1 Å². The number of aromatic nitrogens is 8. The fraction of sp³-hybridized carbons (Fsp3) is 0.358. The largest absolute Gasteiger partial charge is 0.418 e. The molecule has 8 aromatic heterocycles. The summed E-state index contributed by atoms with van der Waals surface area (Å²) in [5.41, 5.74) is 18.7. The number of pyridine rings is 8. The van der Waals surface area contributed by atoms with E-state index in [1.54, 1.807) is 18.2 Å². The van der Waals surface area contributed by atoms with Gasteiger partial charge < -0.3 is 63.8 Å². The number of alkyl halides is 9. The maximum Gasteiger partial charge on any atom is 0.418 e. The number of nitrogens with zero attached hydrogens (tertiary/aromatic N) is 12. The molecule has 624 valence electrons. The number of anilines is 8. The van der Waals surface area contributed by atoms with Crippen LogP contribution in [0, 0.1) is 5.92 Å². The second kappa shape index (κ2) is 38.1.